The molecule has 2 amide bonds. The van der Waals surface area contributed by atoms with Crippen molar-refractivity contribution in [2.45, 2.75) is 19.9 Å². The topological polar surface area (TPSA) is 76.0 Å². The largest absolute Gasteiger partial charge is 0.336 e. The summed E-state index contributed by atoms with van der Waals surface area (Å²) in [6.07, 6.45) is 0. The number of carbonyl (C=O) groups is 1. The standard InChI is InChI=1S/C11H13N3OS.C8H6ClNOS/c1-7(2)12-10(15)14-11-13-8-5-3-4-6-9(8)16-11;1-10-7-5(9)3-2-4-6(7)12-8(10)11/h3-7H,1-2H3,(H2,12,13,14,15);2-4H,1H3. The van der Waals surface area contributed by atoms with Gasteiger partial charge in [-0.05, 0) is 38.1 Å². The highest BCUT2D eigenvalue weighted by Gasteiger charge is 2.08. The van der Waals surface area contributed by atoms with E-state index >= 15 is 0 Å². The molecule has 0 unspecified atom stereocenters. The lowest BCUT2D eigenvalue weighted by Crippen LogP contribution is -2.34. The number of nitrogens with one attached hydrogen (secondary N) is 2. The lowest BCUT2D eigenvalue weighted by Gasteiger charge is -2.07. The number of halogens is 1. The summed E-state index contributed by atoms with van der Waals surface area (Å²) in [4.78, 5) is 27.0. The number of hydrogen-bond acceptors (Lipinski definition) is 5. The van der Waals surface area contributed by atoms with Gasteiger partial charge < -0.3 is 9.88 Å². The van der Waals surface area contributed by atoms with Crippen LogP contribution in [0.5, 0.6) is 0 Å². The van der Waals surface area contributed by atoms with E-state index in [9.17, 15) is 9.59 Å². The number of hydrogen-bond donors (Lipinski definition) is 2. The van der Waals surface area contributed by atoms with Crippen molar-refractivity contribution in [3.05, 3.63) is 57.2 Å². The summed E-state index contributed by atoms with van der Waals surface area (Å²) in [5, 5.41) is 6.73. The van der Waals surface area contributed by atoms with Gasteiger partial charge in [-0.15, -0.1) is 0 Å². The van der Waals surface area contributed by atoms with Gasteiger partial charge >= 0.3 is 10.9 Å². The summed E-state index contributed by atoms with van der Waals surface area (Å²) < 4.78 is 3.58. The quantitative estimate of drug-likeness (QED) is 0.462. The second kappa shape index (κ2) is 8.72. The normalized spacial score (nSPS) is 10.8. The first-order valence-corrected chi connectivity index (χ1v) is 10.5. The predicted octanol–water partition coefficient (Wildman–Crippen LogP) is 5.08. The van der Waals surface area contributed by atoms with Crippen LogP contribution in [-0.2, 0) is 7.05 Å². The van der Waals surface area contributed by atoms with Crippen LogP contribution in [0.15, 0.2) is 47.3 Å². The molecule has 0 radical (unpaired) electrons. The van der Waals surface area contributed by atoms with Crippen LogP contribution in [0.3, 0.4) is 0 Å². The Morgan fingerprint density at radius 2 is 1.82 bits per heavy atom. The minimum absolute atomic E-state index is 0.0260. The third-order valence-electron chi connectivity index (χ3n) is 3.69. The molecule has 2 heterocycles. The Kier molecular flexibility index (Phi) is 6.33. The molecule has 4 aromatic rings. The highest BCUT2D eigenvalue weighted by atomic mass is 35.5. The fraction of sp³-hybridized carbons (Fsp3) is 0.211. The van der Waals surface area contributed by atoms with E-state index in [0.717, 1.165) is 20.4 Å². The number of nitrogens with zero attached hydrogens (tertiary/aromatic N) is 2. The van der Waals surface area contributed by atoms with Crippen molar-refractivity contribution >= 4 is 65.9 Å². The zero-order chi connectivity index (χ0) is 20.3. The monoisotopic (exact) mass is 434 g/mol. The van der Waals surface area contributed by atoms with E-state index in [-0.39, 0.29) is 16.9 Å². The predicted molar refractivity (Wildman–Crippen MR) is 119 cm³/mol. The van der Waals surface area contributed by atoms with Crippen LogP contribution >= 0.6 is 34.3 Å². The minimum Gasteiger partial charge on any atom is -0.336 e. The molecule has 9 heteroatoms. The lowest BCUT2D eigenvalue weighted by molar-refractivity contribution is 0.250. The molecular weight excluding hydrogens is 416 g/mol. The van der Waals surface area contributed by atoms with Crippen molar-refractivity contribution in [1.82, 2.24) is 14.9 Å². The van der Waals surface area contributed by atoms with E-state index < -0.39 is 0 Å². The molecule has 0 saturated carbocycles. The number of aromatic nitrogens is 2. The summed E-state index contributed by atoms with van der Waals surface area (Å²) in [5.41, 5.74) is 1.74. The number of fused-ring (bicyclic) bond motifs is 2. The molecule has 6 nitrogen and oxygen atoms in total. The Morgan fingerprint density at radius 3 is 2.50 bits per heavy atom. The fourth-order valence-corrected chi connectivity index (χ4v) is 4.60. The SMILES string of the molecule is CC(C)NC(=O)Nc1nc2ccccc2s1.Cn1c(=O)sc2cccc(Cl)c21. The number of para-hydroxylation sites is 2. The van der Waals surface area contributed by atoms with Gasteiger partial charge in [0.1, 0.15) is 0 Å². The smallest absolute Gasteiger partial charge is 0.321 e. The van der Waals surface area contributed by atoms with Crippen LogP contribution in [0.2, 0.25) is 5.02 Å². The first-order chi connectivity index (χ1) is 13.3. The Balaban J connectivity index is 0.000000167. The molecule has 146 valence electrons. The van der Waals surface area contributed by atoms with E-state index in [0.29, 0.717) is 10.2 Å². The molecule has 0 spiro atoms. The van der Waals surface area contributed by atoms with Gasteiger partial charge in [-0.1, -0.05) is 52.5 Å². The number of urea groups is 1. The van der Waals surface area contributed by atoms with Crippen LogP contribution in [0.4, 0.5) is 9.93 Å². The molecule has 0 aliphatic carbocycles. The Labute approximate surface area is 174 Å². The van der Waals surface area contributed by atoms with Gasteiger partial charge in [0.05, 0.1) is 25.5 Å². The van der Waals surface area contributed by atoms with Crippen molar-refractivity contribution in [1.29, 1.82) is 0 Å². The molecule has 0 fully saturated rings. The molecular formula is C19H19ClN4O2S2. The minimum atomic E-state index is -0.214. The maximum Gasteiger partial charge on any atom is 0.321 e. The van der Waals surface area contributed by atoms with Gasteiger partial charge in [0.2, 0.25) is 0 Å². The lowest BCUT2D eigenvalue weighted by atomic mass is 10.3. The number of thiazole rings is 2. The molecule has 0 aliphatic rings. The summed E-state index contributed by atoms with van der Waals surface area (Å²) in [6, 6.07) is 13.2. The van der Waals surface area contributed by atoms with Gasteiger partial charge in [0, 0.05) is 13.1 Å². The number of anilines is 1. The first kappa shape index (κ1) is 20.3. The molecule has 2 aromatic heterocycles. The maximum absolute atomic E-state index is 11.4. The Morgan fingerprint density at radius 1 is 1.11 bits per heavy atom. The molecule has 2 aromatic carbocycles. The van der Waals surface area contributed by atoms with Gasteiger partial charge in [-0.2, -0.15) is 0 Å². The average Bonchev–Trinajstić information content (AvgIpc) is 3.15. The van der Waals surface area contributed by atoms with Crippen molar-refractivity contribution < 1.29 is 4.79 Å². The highest BCUT2D eigenvalue weighted by molar-refractivity contribution is 7.22. The van der Waals surface area contributed by atoms with Gasteiger partial charge in [-0.25, -0.2) is 9.78 Å². The zero-order valence-corrected chi connectivity index (χ0v) is 17.9. The van der Waals surface area contributed by atoms with Crippen molar-refractivity contribution in [3.63, 3.8) is 0 Å². The molecule has 0 saturated heterocycles. The maximum atomic E-state index is 11.4. The van der Waals surface area contributed by atoms with E-state index in [1.54, 1.807) is 17.7 Å². The third kappa shape index (κ3) is 4.70. The molecule has 28 heavy (non-hydrogen) atoms. The molecule has 4 rings (SSSR count). The fourth-order valence-electron chi connectivity index (χ4n) is 2.48. The van der Waals surface area contributed by atoms with Gasteiger partial charge in [-0.3, -0.25) is 10.1 Å². The second-order valence-corrected chi connectivity index (χ2v) is 8.68. The second-order valence-electron chi connectivity index (χ2n) is 6.25. The van der Waals surface area contributed by atoms with E-state index in [2.05, 4.69) is 15.6 Å². The Hall–Kier alpha value is -2.42. The van der Waals surface area contributed by atoms with Crippen molar-refractivity contribution in [3.8, 4) is 0 Å². The summed E-state index contributed by atoms with van der Waals surface area (Å²) in [5.74, 6) is 0. The highest BCUT2D eigenvalue weighted by Crippen LogP contribution is 2.25. The number of amides is 2. The number of rotatable bonds is 2. The number of carbonyl (C=O) groups excluding carboxylic acids is 1. The van der Waals surface area contributed by atoms with Gasteiger partial charge in [0.15, 0.2) is 5.13 Å². The zero-order valence-electron chi connectivity index (χ0n) is 15.5. The van der Waals surface area contributed by atoms with E-state index in [1.807, 2.05) is 50.2 Å². The van der Waals surface area contributed by atoms with Crippen LogP contribution in [0.1, 0.15) is 13.8 Å². The number of benzene rings is 2. The van der Waals surface area contributed by atoms with Crippen LogP contribution < -0.4 is 15.5 Å². The number of aryl methyl sites for hydroxylation is 1. The Bertz CT molecular complexity index is 1150. The first-order valence-electron chi connectivity index (χ1n) is 8.52. The molecule has 0 aliphatic heterocycles. The van der Waals surface area contributed by atoms with Crippen molar-refractivity contribution in [2.24, 2.45) is 7.05 Å². The van der Waals surface area contributed by atoms with Crippen molar-refractivity contribution in [2.75, 3.05) is 5.32 Å². The third-order valence-corrected chi connectivity index (χ3v) is 5.95. The molecule has 0 atom stereocenters. The summed E-state index contributed by atoms with van der Waals surface area (Å²) in [7, 11) is 1.73. The molecule has 0 bridgehead atoms. The van der Waals surface area contributed by atoms with Crippen LogP contribution in [0.25, 0.3) is 20.4 Å². The average molecular weight is 435 g/mol. The molecule has 2 N–H and O–H groups in total. The van der Waals surface area contributed by atoms with Gasteiger partial charge in [0.25, 0.3) is 0 Å². The summed E-state index contributed by atoms with van der Waals surface area (Å²) >= 11 is 8.61. The van der Waals surface area contributed by atoms with E-state index in [1.165, 1.54) is 22.7 Å². The summed E-state index contributed by atoms with van der Waals surface area (Å²) in [6.45, 7) is 3.83. The van der Waals surface area contributed by atoms with Crippen LogP contribution in [-0.4, -0.2) is 21.6 Å². The van der Waals surface area contributed by atoms with Crippen LogP contribution in [0, 0.1) is 0 Å². The van der Waals surface area contributed by atoms with E-state index in [4.69, 9.17) is 11.6 Å².